The van der Waals surface area contributed by atoms with E-state index in [0.29, 0.717) is 0 Å². The zero-order valence-corrected chi connectivity index (χ0v) is 16.6. The summed E-state index contributed by atoms with van der Waals surface area (Å²) in [6, 6.07) is 0. The summed E-state index contributed by atoms with van der Waals surface area (Å²) in [7, 11) is 0. The Hall–Kier alpha value is -1.14. The molecule has 0 aromatic carbocycles. The van der Waals surface area contributed by atoms with Crippen LogP contribution in [0.3, 0.4) is 0 Å². The Balaban J connectivity index is 6.82. The molecule has 23 heavy (non-hydrogen) atoms. The standard InChI is InChI=1S/3C5H7O2.H2O.Zr/c3*1-4(6)3-5(2)7;;/h3*3H,1-2H3;1H2;/q;;;;+1/p-1. The zero-order chi connectivity index (χ0) is 18.7. The first-order valence-electron chi connectivity index (χ1n) is 7.05. The Morgan fingerprint density at radius 3 is 0.739 bits per heavy atom. The van der Waals surface area contributed by atoms with Crippen LogP contribution in [-0.4, -0.2) is 37.9 Å². The summed E-state index contributed by atoms with van der Waals surface area (Å²) in [5, 5.41) is 0. The maximum absolute atomic E-state index is 12.0. The van der Waals surface area contributed by atoms with Crippen LogP contribution in [0.1, 0.15) is 41.5 Å². The predicted octanol–water partition coefficient (Wildman–Crippen LogP) is 0.947. The van der Waals surface area contributed by atoms with E-state index in [2.05, 4.69) is 0 Å². The van der Waals surface area contributed by atoms with Crippen molar-refractivity contribution >= 4 is 34.7 Å². The molecule has 8 heteroatoms. The van der Waals surface area contributed by atoms with Crippen molar-refractivity contribution in [2.45, 2.75) is 52.4 Å². The van der Waals surface area contributed by atoms with Gasteiger partial charge in [0.05, 0.1) is 0 Å². The van der Waals surface area contributed by atoms with Gasteiger partial charge in [-0.1, -0.05) is 0 Å². The molecule has 0 atom stereocenters. The molecule has 0 saturated heterocycles. The molecule has 0 aliphatic carbocycles. The third-order valence-corrected chi connectivity index (χ3v) is 16.6. The third-order valence-electron chi connectivity index (χ3n) is 3.83. The van der Waals surface area contributed by atoms with Crippen LogP contribution in [0.2, 0.25) is 10.9 Å². The Labute approximate surface area is 139 Å². The van der Waals surface area contributed by atoms with Gasteiger partial charge in [0.15, 0.2) is 0 Å². The van der Waals surface area contributed by atoms with Crippen LogP contribution in [0, 0.1) is 0 Å². The Morgan fingerprint density at radius 2 is 0.652 bits per heavy atom. The van der Waals surface area contributed by atoms with Gasteiger partial charge in [0.1, 0.15) is 0 Å². The molecule has 0 aromatic heterocycles. The van der Waals surface area contributed by atoms with Crippen molar-refractivity contribution in [2.75, 3.05) is 0 Å². The third kappa shape index (κ3) is 4.45. The molecule has 0 aliphatic heterocycles. The second-order valence-electron chi connectivity index (χ2n) is 5.85. The van der Waals surface area contributed by atoms with Gasteiger partial charge < -0.3 is 0 Å². The summed E-state index contributed by atoms with van der Waals surface area (Å²) >= 11 is -5.59. The van der Waals surface area contributed by atoms with Crippen LogP contribution in [0.25, 0.3) is 0 Å². The maximum atomic E-state index is 12.0. The summed E-state index contributed by atoms with van der Waals surface area (Å²) in [6.07, 6.45) is 0. The Kier molecular flexibility index (Phi) is 7.71. The average molecular weight is 406 g/mol. The Morgan fingerprint density at radius 1 is 0.522 bits per heavy atom. The van der Waals surface area contributed by atoms with E-state index in [0.717, 1.165) is 41.5 Å². The van der Waals surface area contributed by atoms with Gasteiger partial charge in [0.2, 0.25) is 0 Å². The van der Waals surface area contributed by atoms with Crippen LogP contribution >= 0.6 is 0 Å². The van der Waals surface area contributed by atoms with Gasteiger partial charge in [-0.2, -0.15) is 0 Å². The first-order valence-corrected chi connectivity index (χ1v) is 12.4. The summed E-state index contributed by atoms with van der Waals surface area (Å²) in [5.41, 5.74) is 0. The Bertz CT molecular complexity index is 458. The fourth-order valence-electron chi connectivity index (χ4n) is 3.31. The number of rotatable bonds is 9. The van der Waals surface area contributed by atoms with E-state index in [1.807, 2.05) is 0 Å². The number of Topliss-reactive ketones (excluding diaryl/α,β-unsaturated/α-hetero) is 6. The first-order chi connectivity index (χ1) is 10.3. The van der Waals surface area contributed by atoms with E-state index in [1.54, 1.807) is 0 Å². The molecule has 128 valence electrons. The van der Waals surface area contributed by atoms with Gasteiger partial charge in [-0.15, -0.1) is 0 Å². The van der Waals surface area contributed by atoms with Crippen LogP contribution in [0.4, 0.5) is 0 Å². The molecule has 0 bridgehead atoms. The molecule has 0 rings (SSSR count). The number of carbonyl (C=O) groups excluding carboxylic acids is 6. The van der Waals surface area contributed by atoms with Gasteiger partial charge in [-0.3, -0.25) is 0 Å². The van der Waals surface area contributed by atoms with Crippen molar-refractivity contribution in [2.24, 2.45) is 0 Å². The SMILES string of the molecule is CC(=O)[CH](C(C)=O)[Zr]([OH])([CH](C(C)=O)C(C)=O)[CH](C(C)=O)C(C)=O. The predicted molar refractivity (Wildman–Crippen MR) is 77.6 cm³/mol. The molecule has 0 fully saturated rings. The molecule has 0 amide bonds. The summed E-state index contributed by atoms with van der Waals surface area (Å²) < 4.78 is 6.42. The van der Waals surface area contributed by atoms with Gasteiger partial charge in [0.25, 0.3) is 0 Å². The minimum atomic E-state index is -5.59. The van der Waals surface area contributed by atoms with Gasteiger partial charge in [-0.25, -0.2) is 0 Å². The van der Waals surface area contributed by atoms with Crippen molar-refractivity contribution < 1.29 is 52.7 Å². The normalized spacial score (nSPS) is 11.7. The molecule has 0 heterocycles. The molecule has 7 nitrogen and oxygen atoms in total. The number of hydrogen-bond acceptors (Lipinski definition) is 7. The molecule has 0 spiro atoms. The van der Waals surface area contributed by atoms with E-state index >= 15 is 0 Å². The quantitative estimate of drug-likeness (QED) is 0.566. The molecular weight excluding hydrogens is 383 g/mol. The molecule has 0 aromatic rings. The monoisotopic (exact) mass is 404 g/mol. The molecule has 0 radical (unpaired) electrons. The summed E-state index contributed by atoms with van der Waals surface area (Å²) in [4.78, 5) is 71.7. The summed E-state index contributed by atoms with van der Waals surface area (Å²) in [6.45, 7) is 6.27. The second-order valence-corrected chi connectivity index (χ2v) is 14.5. The van der Waals surface area contributed by atoms with Crippen LogP contribution in [0.15, 0.2) is 0 Å². The molecular formula is C15H22O7Zr. The molecule has 0 saturated carbocycles. The number of hydrogen-bond donors (Lipinski definition) is 1. The first kappa shape index (κ1) is 21.9. The molecule has 0 unspecified atom stereocenters. The van der Waals surface area contributed by atoms with Gasteiger partial charge in [-0.05, 0) is 0 Å². The van der Waals surface area contributed by atoms with Crippen molar-refractivity contribution in [1.82, 2.24) is 0 Å². The van der Waals surface area contributed by atoms with E-state index < -0.39 is 66.3 Å². The van der Waals surface area contributed by atoms with E-state index in [-0.39, 0.29) is 0 Å². The van der Waals surface area contributed by atoms with E-state index in [9.17, 15) is 32.0 Å². The van der Waals surface area contributed by atoms with Gasteiger partial charge >= 0.3 is 140 Å². The van der Waals surface area contributed by atoms with Crippen molar-refractivity contribution in [1.29, 1.82) is 0 Å². The summed E-state index contributed by atoms with van der Waals surface area (Å²) in [5.74, 6) is -4.44. The molecule has 0 aliphatic rings. The van der Waals surface area contributed by atoms with E-state index in [1.165, 1.54) is 0 Å². The second kappa shape index (κ2) is 8.11. The number of carbonyl (C=O) groups is 6. The van der Waals surface area contributed by atoms with E-state index in [4.69, 9.17) is 0 Å². The fourth-order valence-corrected chi connectivity index (χ4v) is 15.4. The van der Waals surface area contributed by atoms with Crippen LogP contribution in [-0.2, 0) is 49.5 Å². The van der Waals surface area contributed by atoms with Gasteiger partial charge in [0, 0.05) is 0 Å². The topological polar surface area (TPSA) is 123 Å². The molecule has 1 N–H and O–H groups in total. The van der Waals surface area contributed by atoms with Crippen LogP contribution < -0.4 is 0 Å². The van der Waals surface area contributed by atoms with Crippen LogP contribution in [0.5, 0.6) is 0 Å². The zero-order valence-electron chi connectivity index (χ0n) is 14.1. The van der Waals surface area contributed by atoms with Crippen molar-refractivity contribution in [3.8, 4) is 0 Å². The van der Waals surface area contributed by atoms with Crippen molar-refractivity contribution in [3.05, 3.63) is 0 Å². The fraction of sp³-hybridized carbons (Fsp3) is 0.600. The number of ketones is 6. The average Bonchev–Trinajstić information content (AvgIpc) is 2.23. The minimum absolute atomic E-state index is 0.740. The van der Waals surface area contributed by atoms with Crippen molar-refractivity contribution in [3.63, 3.8) is 0 Å².